The molecular formula is C15H30N2O2. The molecule has 1 rings (SSSR count). The van der Waals surface area contributed by atoms with Gasteiger partial charge < -0.3 is 15.4 Å². The molecule has 0 heterocycles. The summed E-state index contributed by atoms with van der Waals surface area (Å²) in [6, 6.07) is 0.317. The minimum absolute atomic E-state index is 0.154. The van der Waals surface area contributed by atoms with Crippen molar-refractivity contribution < 1.29 is 9.53 Å². The lowest BCUT2D eigenvalue weighted by atomic mass is 9.96. The topological polar surface area (TPSA) is 50.4 Å². The molecule has 1 amide bonds. The molecule has 0 aromatic heterocycles. The highest BCUT2D eigenvalue weighted by molar-refractivity contribution is 5.67. The normalized spacial score (nSPS) is 17.2. The van der Waals surface area contributed by atoms with Gasteiger partial charge in [-0.05, 0) is 39.7 Å². The fraction of sp³-hybridized carbons (Fsp3) is 0.933. The number of carbonyl (C=O) groups is 1. The van der Waals surface area contributed by atoms with E-state index in [2.05, 4.69) is 31.4 Å². The maximum Gasteiger partial charge on any atom is 0.407 e. The van der Waals surface area contributed by atoms with Gasteiger partial charge in [0.05, 0.1) is 0 Å². The summed E-state index contributed by atoms with van der Waals surface area (Å²) < 4.78 is 5.33. The number of amides is 1. The molecule has 4 nitrogen and oxygen atoms in total. The molecule has 0 atom stereocenters. The van der Waals surface area contributed by atoms with Crippen LogP contribution in [0.3, 0.4) is 0 Å². The first-order valence-corrected chi connectivity index (χ1v) is 7.72. The number of unbranched alkanes of at least 4 members (excludes halogenated alkanes) is 1. The van der Waals surface area contributed by atoms with Crippen LogP contribution in [-0.2, 0) is 4.74 Å². The Balaban J connectivity index is 2.17. The zero-order chi connectivity index (χ0) is 14.1. The first-order valence-electron chi connectivity index (χ1n) is 7.72. The van der Waals surface area contributed by atoms with Crippen LogP contribution in [-0.4, -0.2) is 30.8 Å². The van der Waals surface area contributed by atoms with Gasteiger partial charge in [-0.25, -0.2) is 4.79 Å². The number of alkyl carbamates (subject to hydrolysis) is 1. The number of rotatable bonds is 7. The highest BCUT2D eigenvalue weighted by Gasteiger charge is 2.21. The van der Waals surface area contributed by atoms with Crippen LogP contribution in [0.4, 0.5) is 4.79 Å². The molecule has 1 aliphatic rings. The molecule has 19 heavy (non-hydrogen) atoms. The van der Waals surface area contributed by atoms with E-state index >= 15 is 0 Å². The van der Waals surface area contributed by atoms with E-state index in [9.17, 15) is 4.79 Å². The SMILES string of the molecule is CCCCNC(C)(C)COC(=O)NC1CCCCC1. The third-order valence-electron chi connectivity index (χ3n) is 3.63. The van der Waals surface area contributed by atoms with E-state index in [-0.39, 0.29) is 11.6 Å². The van der Waals surface area contributed by atoms with Gasteiger partial charge in [-0.3, -0.25) is 0 Å². The predicted octanol–water partition coefficient (Wildman–Crippen LogP) is 3.21. The second-order valence-corrected chi connectivity index (χ2v) is 6.22. The summed E-state index contributed by atoms with van der Waals surface area (Å²) >= 11 is 0. The summed E-state index contributed by atoms with van der Waals surface area (Å²) in [6.07, 6.45) is 7.97. The monoisotopic (exact) mass is 270 g/mol. The summed E-state index contributed by atoms with van der Waals surface area (Å²) in [5, 5.41) is 6.38. The van der Waals surface area contributed by atoms with Crippen molar-refractivity contribution in [3.8, 4) is 0 Å². The van der Waals surface area contributed by atoms with Crippen LogP contribution in [0.5, 0.6) is 0 Å². The largest absolute Gasteiger partial charge is 0.448 e. The molecule has 1 fully saturated rings. The molecule has 0 unspecified atom stereocenters. The number of nitrogens with one attached hydrogen (secondary N) is 2. The Kier molecular flexibility index (Phi) is 7.21. The smallest absolute Gasteiger partial charge is 0.407 e. The summed E-state index contributed by atoms with van der Waals surface area (Å²) in [4.78, 5) is 11.7. The summed E-state index contributed by atoms with van der Waals surface area (Å²) in [6.45, 7) is 7.68. The standard InChI is InChI=1S/C15H30N2O2/c1-4-5-11-16-15(2,3)12-19-14(18)17-13-9-7-6-8-10-13/h13,16H,4-12H2,1-3H3,(H,17,18). The molecule has 0 saturated heterocycles. The number of ether oxygens (including phenoxy) is 1. The molecular weight excluding hydrogens is 240 g/mol. The van der Waals surface area contributed by atoms with Crippen LogP contribution in [0.2, 0.25) is 0 Å². The van der Waals surface area contributed by atoms with Crippen LogP contribution >= 0.6 is 0 Å². The van der Waals surface area contributed by atoms with Gasteiger partial charge in [0.2, 0.25) is 0 Å². The first-order chi connectivity index (χ1) is 9.03. The van der Waals surface area contributed by atoms with Gasteiger partial charge in [0.1, 0.15) is 6.61 Å². The maximum atomic E-state index is 11.7. The Morgan fingerprint density at radius 2 is 1.95 bits per heavy atom. The number of carbonyl (C=O) groups excluding carboxylic acids is 1. The average molecular weight is 270 g/mol. The molecule has 0 aromatic rings. The van der Waals surface area contributed by atoms with Gasteiger partial charge in [0, 0.05) is 11.6 Å². The van der Waals surface area contributed by atoms with Crippen LogP contribution in [0.1, 0.15) is 65.7 Å². The summed E-state index contributed by atoms with van der Waals surface area (Å²) in [5.74, 6) is 0. The van der Waals surface area contributed by atoms with E-state index in [1.165, 1.54) is 25.7 Å². The minimum Gasteiger partial charge on any atom is -0.448 e. The Morgan fingerprint density at radius 1 is 1.26 bits per heavy atom. The maximum absolute atomic E-state index is 11.7. The Hall–Kier alpha value is -0.770. The van der Waals surface area contributed by atoms with Gasteiger partial charge in [-0.15, -0.1) is 0 Å². The van der Waals surface area contributed by atoms with Crippen LogP contribution in [0.15, 0.2) is 0 Å². The molecule has 0 bridgehead atoms. The lowest BCUT2D eigenvalue weighted by Gasteiger charge is -2.27. The molecule has 4 heteroatoms. The minimum atomic E-state index is -0.266. The predicted molar refractivity (Wildman–Crippen MR) is 78.3 cm³/mol. The van der Waals surface area contributed by atoms with Crippen molar-refractivity contribution in [3.63, 3.8) is 0 Å². The Morgan fingerprint density at radius 3 is 2.58 bits per heavy atom. The van der Waals surface area contributed by atoms with Crippen molar-refractivity contribution in [1.29, 1.82) is 0 Å². The van der Waals surface area contributed by atoms with E-state index < -0.39 is 0 Å². The zero-order valence-corrected chi connectivity index (χ0v) is 12.8. The summed E-state index contributed by atoms with van der Waals surface area (Å²) in [7, 11) is 0. The summed E-state index contributed by atoms with van der Waals surface area (Å²) in [5.41, 5.74) is -0.154. The third-order valence-corrected chi connectivity index (χ3v) is 3.63. The van der Waals surface area contributed by atoms with Gasteiger partial charge >= 0.3 is 6.09 Å². The Labute approximate surface area is 117 Å². The van der Waals surface area contributed by atoms with Crippen LogP contribution in [0, 0.1) is 0 Å². The first kappa shape index (κ1) is 16.3. The van der Waals surface area contributed by atoms with E-state index in [0.29, 0.717) is 12.6 Å². The van der Waals surface area contributed by atoms with Crippen LogP contribution in [0.25, 0.3) is 0 Å². The van der Waals surface area contributed by atoms with E-state index in [1.54, 1.807) is 0 Å². The Bertz CT molecular complexity index is 261. The molecule has 0 aromatic carbocycles. The molecule has 0 aliphatic heterocycles. The van der Waals surface area contributed by atoms with E-state index in [0.717, 1.165) is 25.8 Å². The number of hydrogen-bond donors (Lipinski definition) is 2. The van der Waals surface area contributed by atoms with Crippen LogP contribution < -0.4 is 10.6 Å². The quantitative estimate of drug-likeness (QED) is 0.698. The van der Waals surface area contributed by atoms with Crippen molar-refractivity contribution in [1.82, 2.24) is 10.6 Å². The molecule has 2 N–H and O–H groups in total. The fourth-order valence-electron chi connectivity index (χ4n) is 2.36. The van der Waals surface area contributed by atoms with E-state index in [4.69, 9.17) is 4.74 Å². The number of hydrogen-bond acceptors (Lipinski definition) is 3. The molecule has 0 spiro atoms. The highest BCUT2D eigenvalue weighted by atomic mass is 16.5. The average Bonchev–Trinajstić information content (AvgIpc) is 2.38. The lowest BCUT2D eigenvalue weighted by Crippen LogP contribution is -2.46. The molecule has 1 aliphatic carbocycles. The third kappa shape index (κ3) is 7.41. The molecule has 112 valence electrons. The molecule has 0 radical (unpaired) electrons. The van der Waals surface area contributed by atoms with Gasteiger partial charge in [0.15, 0.2) is 0 Å². The lowest BCUT2D eigenvalue weighted by molar-refractivity contribution is 0.109. The van der Waals surface area contributed by atoms with E-state index in [1.807, 2.05) is 0 Å². The molecule has 1 saturated carbocycles. The van der Waals surface area contributed by atoms with Crippen molar-refractivity contribution in [3.05, 3.63) is 0 Å². The zero-order valence-electron chi connectivity index (χ0n) is 12.8. The van der Waals surface area contributed by atoms with Gasteiger partial charge in [-0.2, -0.15) is 0 Å². The van der Waals surface area contributed by atoms with Crippen molar-refractivity contribution in [2.24, 2.45) is 0 Å². The van der Waals surface area contributed by atoms with Crippen molar-refractivity contribution in [2.45, 2.75) is 77.3 Å². The second kappa shape index (κ2) is 8.41. The van der Waals surface area contributed by atoms with Gasteiger partial charge in [0.25, 0.3) is 0 Å². The van der Waals surface area contributed by atoms with Crippen molar-refractivity contribution >= 4 is 6.09 Å². The fourth-order valence-corrected chi connectivity index (χ4v) is 2.36. The van der Waals surface area contributed by atoms with Crippen molar-refractivity contribution in [2.75, 3.05) is 13.2 Å². The second-order valence-electron chi connectivity index (χ2n) is 6.22. The highest BCUT2D eigenvalue weighted by Crippen LogP contribution is 2.17. The van der Waals surface area contributed by atoms with Gasteiger partial charge in [-0.1, -0.05) is 32.6 Å².